The first-order valence-electron chi connectivity index (χ1n) is 6.10. The maximum Gasteiger partial charge on any atom is 0.0977 e. The van der Waals surface area contributed by atoms with Crippen LogP contribution in [0, 0.1) is 6.92 Å². The van der Waals surface area contributed by atoms with Gasteiger partial charge in [-0.2, -0.15) is 0 Å². The van der Waals surface area contributed by atoms with Crippen LogP contribution in [0.25, 0.3) is 0 Å². The van der Waals surface area contributed by atoms with Gasteiger partial charge in [0.05, 0.1) is 6.10 Å². The van der Waals surface area contributed by atoms with E-state index in [1.54, 1.807) is 18.2 Å². The third kappa shape index (κ3) is 3.80. The number of aliphatic hydroxyl groups is 1. The maximum atomic E-state index is 10.2. The lowest BCUT2D eigenvalue weighted by Crippen LogP contribution is -2.13. The minimum absolute atomic E-state index is 0.321. The Hall–Kier alpha value is -0.930. The van der Waals surface area contributed by atoms with Crippen LogP contribution in [-0.2, 0) is 0 Å². The smallest absolute Gasteiger partial charge is 0.0977 e. The van der Waals surface area contributed by atoms with Crippen molar-refractivity contribution in [2.45, 2.75) is 13.0 Å². The molecule has 2 rings (SSSR count). The SMILES string of the molecule is Cc1ccc(Cl)cc1NCC(O)c1cc(Cl)ccc1Cl. The highest BCUT2D eigenvalue weighted by Crippen LogP contribution is 2.27. The molecule has 2 aromatic rings. The van der Waals surface area contributed by atoms with Crippen molar-refractivity contribution in [2.75, 3.05) is 11.9 Å². The Balaban J connectivity index is 2.10. The van der Waals surface area contributed by atoms with Gasteiger partial charge in [-0.15, -0.1) is 0 Å². The van der Waals surface area contributed by atoms with E-state index in [1.165, 1.54) is 0 Å². The Morgan fingerprint density at radius 3 is 2.45 bits per heavy atom. The fourth-order valence-corrected chi connectivity index (χ4v) is 2.47. The van der Waals surface area contributed by atoms with Gasteiger partial charge in [0, 0.05) is 32.9 Å². The highest BCUT2D eigenvalue weighted by atomic mass is 35.5. The van der Waals surface area contributed by atoms with Crippen LogP contribution in [-0.4, -0.2) is 11.7 Å². The monoisotopic (exact) mass is 329 g/mol. The summed E-state index contributed by atoms with van der Waals surface area (Å²) in [6.07, 6.45) is -0.750. The molecule has 20 heavy (non-hydrogen) atoms. The number of benzene rings is 2. The van der Waals surface area contributed by atoms with Crippen LogP contribution in [0.5, 0.6) is 0 Å². The van der Waals surface area contributed by atoms with Gasteiger partial charge in [0.2, 0.25) is 0 Å². The second kappa shape index (κ2) is 6.68. The van der Waals surface area contributed by atoms with Crippen LogP contribution in [0.3, 0.4) is 0 Å². The molecular weight excluding hydrogens is 317 g/mol. The fourth-order valence-electron chi connectivity index (χ4n) is 1.87. The molecule has 0 saturated carbocycles. The van der Waals surface area contributed by atoms with Crippen LogP contribution in [0.2, 0.25) is 15.1 Å². The molecule has 0 heterocycles. The van der Waals surface area contributed by atoms with E-state index in [2.05, 4.69) is 5.32 Å². The van der Waals surface area contributed by atoms with Crippen molar-refractivity contribution in [3.8, 4) is 0 Å². The molecular formula is C15H14Cl3NO. The van der Waals surface area contributed by atoms with E-state index in [9.17, 15) is 5.11 Å². The van der Waals surface area contributed by atoms with Crippen LogP contribution in [0.1, 0.15) is 17.2 Å². The molecule has 0 spiro atoms. The normalized spacial score (nSPS) is 12.2. The van der Waals surface area contributed by atoms with Gasteiger partial charge >= 0.3 is 0 Å². The van der Waals surface area contributed by atoms with Crippen LogP contribution in [0.15, 0.2) is 36.4 Å². The number of hydrogen-bond acceptors (Lipinski definition) is 2. The summed E-state index contributed by atoms with van der Waals surface area (Å²) in [6.45, 7) is 2.29. The van der Waals surface area contributed by atoms with Gasteiger partial charge in [-0.3, -0.25) is 0 Å². The first-order chi connectivity index (χ1) is 9.47. The zero-order valence-corrected chi connectivity index (χ0v) is 13.1. The van der Waals surface area contributed by atoms with Gasteiger partial charge in [-0.05, 0) is 42.8 Å². The van der Waals surface area contributed by atoms with E-state index >= 15 is 0 Å². The highest BCUT2D eigenvalue weighted by Gasteiger charge is 2.12. The van der Waals surface area contributed by atoms with E-state index in [0.717, 1.165) is 11.3 Å². The summed E-state index contributed by atoms with van der Waals surface area (Å²) in [5, 5.41) is 15.1. The van der Waals surface area contributed by atoms with Gasteiger partial charge in [-0.1, -0.05) is 40.9 Å². The Labute approximate surface area is 133 Å². The van der Waals surface area contributed by atoms with E-state index in [-0.39, 0.29) is 0 Å². The lowest BCUT2D eigenvalue weighted by Gasteiger charge is -2.16. The average molecular weight is 331 g/mol. The average Bonchev–Trinajstić information content (AvgIpc) is 2.42. The van der Waals surface area contributed by atoms with E-state index in [4.69, 9.17) is 34.8 Å². The van der Waals surface area contributed by atoms with Gasteiger partial charge in [-0.25, -0.2) is 0 Å². The molecule has 5 heteroatoms. The largest absolute Gasteiger partial charge is 0.387 e. The summed E-state index contributed by atoms with van der Waals surface area (Å²) in [5.41, 5.74) is 2.54. The zero-order valence-electron chi connectivity index (χ0n) is 10.8. The van der Waals surface area contributed by atoms with Gasteiger partial charge in [0.15, 0.2) is 0 Å². The second-order valence-electron chi connectivity index (χ2n) is 4.52. The molecule has 106 valence electrons. The van der Waals surface area contributed by atoms with Crippen molar-refractivity contribution in [1.82, 2.24) is 0 Å². The molecule has 2 aromatic carbocycles. The molecule has 0 aromatic heterocycles. The standard InChI is InChI=1S/C15H14Cl3NO/c1-9-2-3-11(17)7-14(9)19-8-15(20)12-6-10(16)4-5-13(12)18/h2-7,15,19-20H,8H2,1H3. The summed E-state index contributed by atoms with van der Waals surface area (Å²) < 4.78 is 0. The minimum atomic E-state index is -0.750. The summed E-state index contributed by atoms with van der Waals surface area (Å²) in [4.78, 5) is 0. The second-order valence-corrected chi connectivity index (χ2v) is 5.80. The predicted molar refractivity (Wildman–Crippen MR) is 86.1 cm³/mol. The molecule has 0 bridgehead atoms. The molecule has 0 aliphatic heterocycles. The van der Waals surface area contributed by atoms with Crippen molar-refractivity contribution in [3.63, 3.8) is 0 Å². The van der Waals surface area contributed by atoms with Gasteiger partial charge in [0.1, 0.15) is 0 Å². The molecule has 0 aliphatic carbocycles. The van der Waals surface area contributed by atoms with Crippen LogP contribution >= 0.6 is 34.8 Å². The molecule has 0 fully saturated rings. The van der Waals surface area contributed by atoms with Crippen molar-refractivity contribution in [1.29, 1.82) is 0 Å². The zero-order chi connectivity index (χ0) is 14.7. The minimum Gasteiger partial charge on any atom is -0.387 e. The van der Waals surface area contributed by atoms with Crippen molar-refractivity contribution >= 4 is 40.5 Å². The Morgan fingerprint density at radius 2 is 1.70 bits per heavy atom. The first-order valence-corrected chi connectivity index (χ1v) is 7.24. The molecule has 1 atom stereocenters. The topological polar surface area (TPSA) is 32.3 Å². The lowest BCUT2D eigenvalue weighted by molar-refractivity contribution is 0.191. The summed E-state index contributed by atoms with van der Waals surface area (Å²) in [7, 11) is 0. The van der Waals surface area contributed by atoms with Crippen molar-refractivity contribution < 1.29 is 5.11 Å². The van der Waals surface area contributed by atoms with E-state index < -0.39 is 6.10 Å². The number of anilines is 1. The number of aryl methyl sites for hydroxylation is 1. The van der Waals surface area contributed by atoms with E-state index in [0.29, 0.717) is 27.2 Å². The van der Waals surface area contributed by atoms with Crippen LogP contribution in [0.4, 0.5) is 5.69 Å². The molecule has 0 saturated heterocycles. The van der Waals surface area contributed by atoms with Crippen molar-refractivity contribution in [3.05, 3.63) is 62.6 Å². The lowest BCUT2D eigenvalue weighted by atomic mass is 10.1. The summed E-state index contributed by atoms with van der Waals surface area (Å²) in [5.74, 6) is 0. The molecule has 2 nitrogen and oxygen atoms in total. The van der Waals surface area contributed by atoms with Crippen LogP contribution < -0.4 is 5.32 Å². The molecule has 0 aliphatic rings. The quantitative estimate of drug-likeness (QED) is 0.817. The number of nitrogens with one attached hydrogen (secondary N) is 1. The fraction of sp³-hybridized carbons (Fsp3) is 0.200. The maximum absolute atomic E-state index is 10.2. The first kappa shape index (κ1) is 15.5. The van der Waals surface area contributed by atoms with E-state index in [1.807, 2.05) is 25.1 Å². The number of aliphatic hydroxyl groups excluding tert-OH is 1. The Kier molecular flexibility index (Phi) is 5.17. The summed E-state index contributed by atoms with van der Waals surface area (Å²) >= 11 is 17.9. The third-order valence-corrected chi connectivity index (χ3v) is 3.82. The molecule has 1 unspecified atom stereocenters. The molecule has 0 amide bonds. The summed E-state index contributed by atoms with van der Waals surface area (Å²) in [6, 6.07) is 10.6. The number of hydrogen-bond donors (Lipinski definition) is 2. The van der Waals surface area contributed by atoms with Gasteiger partial charge < -0.3 is 10.4 Å². The number of halogens is 3. The van der Waals surface area contributed by atoms with Gasteiger partial charge in [0.25, 0.3) is 0 Å². The number of rotatable bonds is 4. The third-order valence-electron chi connectivity index (χ3n) is 3.00. The van der Waals surface area contributed by atoms with Crippen molar-refractivity contribution in [2.24, 2.45) is 0 Å². The molecule has 2 N–H and O–H groups in total. The predicted octanol–water partition coefficient (Wildman–Crippen LogP) is 5.10. The highest BCUT2D eigenvalue weighted by molar-refractivity contribution is 6.33. The Bertz CT molecular complexity index is 616. The Morgan fingerprint density at radius 1 is 1.05 bits per heavy atom. The molecule has 0 radical (unpaired) electrons.